The third kappa shape index (κ3) is 4.14. The van der Waals surface area contributed by atoms with Crippen molar-refractivity contribution in [3.05, 3.63) is 59.6 Å². The third-order valence-corrected chi connectivity index (χ3v) is 6.17. The van der Waals surface area contributed by atoms with E-state index >= 15 is 0 Å². The van der Waals surface area contributed by atoms with Crippen LogP contribution in [0.25, 0.3) is 16.3 Å². The van der Waals surface area contributed by atoms with Gasteiger partial charge in [0.05, 0.1) is 16.3 Å². The highest BCUT2D eigenvalue weighted by atomic mass is 35.5. The van der Waals surface area contributed by atoms with Gasteiger partial charge in [-0.05, 0) is 55.3 Å². The molecule has 1 unspecified atom stereocenters. The fourth-order valence-corrected chi connectivity index (χ4v) is 4.37. The molecule has 2 aromatic heterocycles. The average molecular weight is 417 g/mol. The lowest BCUT2D eigenvalue weighted by atomic mass is 9.91. The van der Waals surface area contributed by atoms with E-state index in [0.717, 1.165) is 42.2 Å². The van der Waals surface area contributed by atoms with Gasteiger partial charge in [-0.3, -0.25) is 4.79 Å². The topological polar surface area (TPSA) is 64.2 Å². The molecule has 3 heterocycles. The van der Waals surface area contributed by atoms with Gasteiger partial charge in [0.2, 0.25) is 0 Å². The maximum atomic E-state index is 13.1. The van der Waals surface area contributed by atoms with Crippen LogP contribution in [0.15, 0.2) is 53.9 Å². The number of piperidine rings is 1. The lowest BCUT2D eigenvalue weighted by molar-refractivity contribution is 0.0674. The summed E-state index contributed by atoms with van der Waals surface area (Å²) in [6.07, 6.45) is 1.92. The van der Waals surface area contributed by atoms with Crippen molar-refractivity contribution in [3.63, 3.8) is 0 Å². The van der Waals surface area contributed by atoms with E-state index in [-0.39, 0.29) is 24.4 Å². The second kappa shape index (κ2) is 8.90. The molecule has 1 aliphatic heterocycles. The Morgan fingerprint density at radius 3 is 2.50 bits per heavy atom. The van der Waals surface area contributed by atoms with Crippen LogP contribution in [0.2, 0.25) is 0 Å². The standard InChI is InChI=1S/C21H24N4OS.ClH/c1-15(22)16-9-11-24(12-10-16)21(26)18-14-19(20-8-5-13-27-20)25(23-18)17-6-3-2-4-7-17;/h2-8,13-16H,9-12,22H2,1H3;1H. The van der Waals surface area contributed by atoms with Crippen molar-refractivity contribution in [3.8, 4) is 16.3 Å². The van der Waals surface area contributed by atoms with Crippen LogP contribution >= 0.6 is 23.7 Å². The molecule has 0 spiro atoms. The number of carbonyl (C=O) groups excluding carboxylic acids is 1. The predicted octanol–water partition coefficient (Wildman–Crippen LogP) is 4.22. The van der Waals surface area contributed by atoms with E-state index in [1.165, 1.54) is 0 Å². The molecular formula is C21H25ClN4OS. The molecule has 1 aromatic carbocycles. The number of aromatic nitrogens is 2. The first kappa shape index (κ1) is 20.6. The van der Waals surface area contributed by atoms with Gasteiger partial charge in [-0.25, -0.2) is 4.68 Å². The highest BCUT2D eigenvalue weighted by molar-refractivity contribution is 7.13. The highest BCUT2D eigenvalue weighted by Crippen LogP contribution is 2.29. The molecule has 4 rings (SSSR count). The Bertz CT molecular complexity index is 900. The first-order chi connectivity index (χ1) is 13.1. The number of likely N-dealkylation sites (tertiary alicyclic amines) is 1. The Hall–Kier alpha value is -2.15. The maximum Gasteiger partial charge on any atom is 0.274 e. The lowest BCUT2D eigenvalue weighted by Gasteiger charge is -2.33. The van der Waals surface area contributed by atoms with Crippen LogP contribution in [0.4, 0.5) is 0 Å². The molecule has 1 fully saturated rings. The molecule has 0 radical (unpaired) electrons. The Kier molecular flexibility index (Phi) is 6.54. The minimum Gasteiger partial charge on any atom is -0.337 e. The van der Waals surface area contributed by atoms with Crippen LogP contribution in [0, 0.1) is 5.92 Å². The van der Waals surface area contributed by atoms with E-state index in [4.69, 9.17) is 5.73 Å². The first-order valence-corrected chi connectivity index (χ1v) is 10.3. The molecule has 5 nitrogen and oxygen atoms in total. The molecule has 3 aromatic rings. The third-order valence-electron chi connectivity index (χ3n) is 5.27. The smallest absolute Gasteiger partial charge is 0.274 e. The largest absolute Gasteiger partial charge is 0.337 e. The number of para-hydroxylation sites is 1. The molecule has 148 valence electrons. The Morgan fingerprint density at radius 2 is 1.89 bits per heavy atom. The van der Waals surface area contributed by atoms with Crippen LogP contribution < -0.4 is 5.73 Å². The van der Waals surface area contributed by atoms with Crippen molar-refractivity contribution < 1.29 is 4.79 Å². The van der Waals surface area contributed by atoms with Gasteiger partial charge in [0.15, 0.2) is 5.69 Å². The Morgan fingerprint density at radius 1 is 1.18 bits per heavy atom. The number of hydrogen-bond donors (Lipinski definition) is 1. The zero-order chi connectivity index (χ0) is 18.8. The zero-order valence-corrected chi connectivity index (χ0v) is 17.5. The second-order valence-corrected chi connectivity index (χ2v) is 8.08. The quantitative estimate of drug-likeness (QED) is 0.692. The Balaban J connectivity index is 0.00000225. The van der Waals surface area contributed by atoms with Crippen molar-refractivity contribution in [2.75, 3.05) is 13.1 Å². The molecule has 1 aliphatic rings. The number of nitrogens with two attached hydrogens (primary N) is 1. The molecule has 28 heavy (non-hydrogen) atoms. The molecule has 0 saturated carbocycles. The zero-order valence-electron chi connectivity index (χ0n) is 15.8. The van der Waals surface area contributed by atoms with E-state index < -0.39 is 0 Å². The number of carbonyl (C=O) groups is 1. The summed E-state index contributed by atoms with van der Waals surface area (Å²) in [5.41, 5.74) is 8.43. The molecule has 1 atom stereocenters. The molecule has 1 amide bonds. The van der Waals surface area contributed by atoms with E-state index in [2.05, 4.69) is 18.1 Å². The molecule has 7 heteroatoms. The number of nitrogens with zero attached hydrogens (tertiary/aromatic N) is 3. The van der Waals surface area contributed by atoms with Crippen LogP contribution in [0.3, 0.4) is 0 Å². The fraction of sp³-hybridized carbons (Fsp3) is 0.333. The van der Waals surface area contributed by atoms with Gasteiger partial charge in [0.25, 0.3) is 5.91 Å². The SMILES string of the molecule is CC(N)C1CCN(C(=O)c2cc(-c3cccs3)n(-c3ccccc3)n2)CC1.Cl. The van der Waals surface area contributed by atoms with E-state index in [1.807, 2.05) is 57.4 Å². The normalized spacial score (nSPS) is 15.9. The second-order valence-electron chi connectivity index (χ2n) is 7.13. The average Bonchev–Trinajstić information content (AvgIpc) is 3.38. The summed E-state index contributed by atoms with van der Waals surface area (Å²) in [4.78, 5) is 16.1. The van der Waals surface area contributed by atoms with E-state index in [1.54, 1.807) is 11.3 Å². The molecule has 0 aliphatic carbocycles. The van der Waals surface area contributed by atoms with Gasteiger partial charge in [-0.1, -0.05) is 24.3 Å². The van der Waals surface area contributed by atoms with Crippen LogP contribution in [-0.4, -0.2) is 39.7 Å². The molecule has 1 saturated heterocycles. The monoisotopic (exact) mass is 416 g/mol. The van der Waals surface area contributed by atoms with Crippen LogP contribution in [0.5, 0.6) is 0 Å². The van der Waals surface area contributed by atoms with Crippen molar-refractivity contribution in [1.82, 2.24) is 14.7 Å². The number of hydrogen-bond acceptors (Lipinski definition) is 4. The van der Waals surface area contributed by atoms with Crippen molar-refractivity contribution in [2.24, 2.45) is 11.7 Å². The first-order valence-electron chi connectivity index (χ1n) is 9.37. The van der Waals surface area contributed by atoms with Gasteiger partial charge >= 0.3 is 0 Å². The maximum absolute atomic E-state index is 13.1. The lowest BCUT2D eigenvalue weighted by Crippen LogP contribution is -2.42. The van der Waals surface area contributed by atoms with E-state index in [9.17, 15) is 4.79 Å². The van der Waals surface area contributed by atoms with Crippen molar-refractivity contribution >= 4 is 29.7 Å². The van der Waals surface area contributed by atoms with Gasteiger partial charge in [0.1, 0.15) is 0 Å². The highest BCUT2D eigenvalue weighted by Gasteiger charge is 2.27. The van der Waals surface area contributed by atoms with Crippen molar-refractivity contribution in [2.45, 2.75) is 25.8 Å². The number of benzene rings is 1. The number of rotatable bonds is 4. The van der Waals surface area contributed by atoms with Gasteiger partial charge in [0, 0.05) is 19.1 Å². The number of thiophene rings is 1. The fourth-order valence-electron chi connectivity index (χ4n) is 3.64. The molecule has 2 N–H and O–H groups in total. The summed E-state index contributed by atoms with van der Waals surface area (Å²) in [6.45, 7) is 3.55. The summed E-state index contributed by atoms with van der Waals surface area (Å²) >= 11 is 1.65. The minimum atomic E-state index is 0. The summed E-state index contributed by atoms with van der Waals surface area (Å²) in [7, 11) is 0. The van der Waals surface area contributed by atoms with Crippen LogP contribution in [-0.2, 0) is 0 Å². The van der Waals surface area contributed by atoms with Crippen molar-refractivity contribution in [1.29, 1.82) is 0 Å². The summed E-state index contributed by atoms with van der Waals surface area (Å²) in [5.74, 6) is 0.503. The number of halogens is 1. The van der Waals surface area contributed by atoms with E-state index in [0.29, 0.717) is 11.6 Å². The summed E-state index contributed by atoms with van der Waals surface area (Å²) < 4.78 is 1.87. The van der Waals surface area contributed by atoms with Gasteiger partial charge < -0.3 is 10.6 Å². The Labute approximate surface area is 175 Å². The molecule has 0 bridgehead atoms. The van der Waals surface area contributed by atoms with Gasteiger partial charge in [-0.2, -0.15) is 5.10 Å². The van der Waals surface area contributed by atoms with Crippen LogP contribution in [0.1, 0.15) is 30.3 Å². The summed E-state index contributed by atoms with van der Waals surface area (Å²) in [5, 5.41) is 6.71. The predicted molar refractivity (Wildman–Crippen MR) is 116 cm³/mol. The minimum absolute atomic E-state index is 0. The van der Waals surface area contributed by atoms with Gasteiger partial charge in [-0.15, -0.1) is 23.7 Å². The number of amides is 1. The molecular weight excluding hydrogens is 392 g/mol. The summed E-state index contributed by atoms with van der Waals surface area (Å²) in [6, 6.07) is 16.1.